The number of aliphatic hydroxyl groups is 1. The van der Waals surface area contributed by atoms with Crippen molar-refractivity contribution in [3.8, 4) is 0 Å². The van der Waals surface area contributed by atoms with Crippen LogP contribution < -0.4 is 10.9 Å². The molecule has 96 valence electrons. The number of aliphatic hydroxyl groups excluding tert-OH is 1. The summed E-state index contributed by atoms with van der Waals surface area (Å²) in [5.74, 6) is 0.624. The lowest BCUT2D eigenvalue weighted by Gasteiger charge is -2.07. The van der Waals surface area contributed by atoms with Crippen molar-refractivity contribution in [2.45, 2.75) is 6.54 Å². The number of halogens is 1. The van der Waals surface area contributed by atoms with Crippen molar-refractivity contribution in [2.75, 3.05) is 11.9 Å². The van der Waals surface area contributed by atoms with Gasteiger partial charge in [0.2, 0.25) is 0 Å². The third-order valence-corrected chi connectivity index (χ3v) is 3.04. The molecule has 0 aromatic carbocycles. The lowest BCUT2D eigenvalue weighted by molar-refractivity contribution is 0.266. The third kappa shape index (κ3) is 2.59. The second-order valence-electron chi connectivity index (χ2n) is 3.62. The average Bonchev–Trinajstić information content (AvgIpc) is 2.75. The Kier molecular flexibility index (Phi) is 3.78. The predicted molar refractivity (Wildman–Crippen MR) is 69.8 cm³/mol. The fraction of sp³-hybridized carbons (Fsp3) is 0.300. The molecular weight excluding hydrogens is 302 g/mol. The van der Waals surface area contributed by atoms with Gasteiger partial charge >= 0.3 is 0 Å². The summed E-state index contributed by atoms with van der Waals surface area (Å²) in [6, 6.07) is 1.78. The third-order valence-electron chi connectivity index (χ3n) is 2.27. The number of aryl methyl sites for hydroxylation is 1. The van der Waals surface area contributed by atoms with Gasteiger partial charge in [-0.25, -0.2) is 4.68 Å². The molecule has 2 N–H and O–H groups in total. The largest absolute Gasteiger partial charge is 0.394 e. The Balaban J connectivity index is 2.30. The standard InChI is InChI=1S/C10H12BrN5O2/c1-15-3-2-8(14-15)13-7-6-12-16(4-5-17)10(18)9(7)11/h2-3,6,17H,4-5H2,1H3,(H,13,14). The molecule has 2 rings (SSSR count). The molecule has 8 heteroatoms. The van der Waals surface area contributed by atoms with Crippen molar-refractivity contribution in [3.05, 3.63) is 33.3 Å². The molecule has 0 atom stereocenters. The maximum absolute atomic E-state index is 11.9. The van der Waals surface area contributed by atoms with Crippen LogP contribution in [0.1, 0.15) is 0 Å². The number of nitrogens with one attached hydrogen (secondary N) is 1. The number of rotatable bonds is 4. The van der Waals surface area contributed by atoms with E-state index >= 15 is 0 Å². The first-order chi connectivity index (χ1) is 8.61. The quantitative estimate of drug-likeness (QED) is 0.857. The van der Waals surface area contributed by atoms with E-state index in [1.807, 2.05) is 0 Å². The van der Waals surface area contributed by atoms with Gasteiger partial charge in [0.05, 0.1) is 25.0 Å². The van der Waals surface area contributed by atoms with Crippen LogP contribution >= 0.6 is 15.9 Å². The first-order valence-electron chi connectivity index (χ1n) is 5.25. The first-order valence-corrected chi connectivity index (χ1v) is 6.04. The molecule has 0 radical (unpaired) electrons. The monoisotopic (exact) mass is 313 g/mol. The van der Waals surface area contributed by atoms with Crippen LogP contribution in [0.15, 0.2) is 27.7 Å². The predicted octanol–water partition coefficient (Wildman–Crippen LogP) is 0.475. The second kappa shape index (κ2) is 5.32. The molecule has 0 aliphatic carbocycles. The summed E-state index contributed by atoms with van der Waals surface area (Å²) in [6.07, 6.45) is 3.30. The van der Waals surface area contributed by atoms with Crippen LogP contribution in [-0.4, -0.2) is 31.3 Å². The van der Waals surface area contributed by atoms with Gasteiger partial charge in [-0.15, -0.1) is 0 Å². The molecule has 0 saturated carbocycles. The van der Waals surface area contributed by atoms with E-state index in [2.05, 4.69) is 31.4 Å². The highest BCUT2D eigenvalue weighted by molar-refractivity contribution is 9.10. The fourth-order valence-electron chi connectivity index (χ4n) is 1.43. The normalized spacial score (nSPS) is 10.6. The maximum Gasteiger partial charge on any atom is 0.283 e. The molecule has 2 aromatic rings. The highest BCUT2D eigenvalue weighted by Crippen LogP contribution is 2.20. The molecule has 0 bridgehead atoms. The molecule has 0 fully saturated rings. The zero-order valence-corrected chi connectivity index (χ0v) is 11.3. The lowest BCUT2D eigenvalue weighted by atomic mass is 10.4. The van der Waals surface area contributed by atoms with E-state index in [1.54, 1.807) is 24.0 Å². The smallest absolute Gasteiger partial charge is 0.283 e. The Labute approximate surface area is 111 Å². The van der Waals surface area contributed by atoms with E-state index in [-0.39, 0.29) is 18.7 Å². The van der Waals surface area contributed by atoms with E-state index in [9.17, 15) is 4.79 Å². The van der Waals surface area contributed by atoms with Gasteiger partial charge in [-0.3, -0.25) is 9.48 Å². The molecular formula is C10H12BrN5O2. The van der Waals surface area contributed by atoms with Gasteiger partial charge in [-0.1, -0.05) is 0 Å². The summed E-state index contributed by atoms with van der Waals surface area (Å²) in [6.45, 7) is 0.0354. The Hall–Kier alpha value is -1.67. The van der Waals surface area contributed by atoms with Crippen LogP contribution in [0.5, 0.6) is 0 Å². The van der Waals surface area contributed by atoms with Gasteiger partial charge in [-0.2, -0.15) is 10.2 Å². The van der Waals surface area contributed by atoms with Gasteiger partial charge in [-0.05, 0) is 15.9 Å². The molecule has 0 amide bonds. The van der Waals surface area contributed by atoms with Crippen molar-refractivity contribution in [2.24, 2.45) is 7.05 Å². The maximum atomic E-state index is 11.9. The summed E-state index contributed by atoms with van der Waals surface area (Å²) in [7, 11) is 1.80. The number of hydrogen-bond donors (Lipinski definition) is 2. The fourth-order valence-corrected chi connectivity index (χ4v) is 1.83. The van der Waals surface area contributed by atoms with Gasteiger partial charge in [0, 0.05) is 19.3 Å². The van der Waals surface area contributed by atoms with E-state index < -0.39 is 0 Å². The lowest BCUT2D eigenvalue weighted by Crippen LogP contribution is -2.25. The number of anilines is 2. The Morgan fingerprint density at radius 1 is 1.56 bits per heavy atom. The zero-order chi connectivity index (χ0) is 13.1. The second-order valence-corrected chi connectivity index (χ2v) is 4.42. The molecule has 2 aromatic heterocycles. The summed E-state index contributed by atoms with van der Waals surface area (Å²) < 4.78 is 3.20. The van der Waals surface area contributed by atoms with Crippen LogP contribution in [0.25, 0.3) is 0 Å². The minimum Gasteiger partial charge on any atom is -0.394 e. The molecule has 0 aliphatic rings. The van der Waals surface area contributed by atoms with E-state index in [4.69, 9.17) is 5.11 Å². The summed E-state index contributed by atoms with van der Waals surface area (Å²) in [5.41, 5.74) is 0.234. The van der Waals surface area contributed by atoms with Crippen molar-refractivity contribution in [1.82, 2.24) is 19.6 Å². The zero-order valence-electron chi connectivity index (χ0n) is 9.67. The molecule has 2 heterocycles. The van der Waals surface area contributed by atoms with Crippen LogP contribution in [0.2, 0.25) is 0 Å². The van der Waals surface area contributed by atoms with Crippen molar-refractivity contribution in [1.29, 1.82) is 0 Å². The summed E-state index contributed by atoms with van der Waals surface area (Å²) >= 11 is 3.21. The number of hydrogen-bond acceptors (Lipinski definition) is 5. The van der Waals surface area contributed by atoms with E-state index in [1.165, 1.54) is 10.9 Å². The van der Waals surface area contributed by atoms with Crippen LogP contribution in [0.4, 0.5) is 11.5 Å². The molecule has 7 nitrogen and oxygen atoms in total. The first kappa shape index (κ1) is 12.8. The van der Waals surface area contributed by atoms with Crippen LogP contribution in [-0.2, 0) is 13.6 Å². The Morgan fingerprint density at radius 2 is 2.33 bits per heavy atom. The van der Waals surface area contributed by atoms with Crippen LogP contribution in [0.3, 0.4) is 0 Å². The molecule has 0 saturated heterocycles. The molecule has 18 heavy (non-hydrogen) atoms. The van der Waals surface area contributed by atoms with Gasteiger partial charge in [0.1, 0.15) is 4.47 Å². The van der Waals surface area contributed by atoms with Crippen LogP contribution in [0, 0.1) is 0 Å². The van der Waals surface area contributed by atoms with Crippen molar-refractivity contribution < 1.29 is 5.11 Å². The van der Waals surface area contributed by atoms with E-state index in [0.717, 1.165) is 0 Å². The number of aromatic nitrogens is 4. The van der Waals surface area contributed by atoms with Crippen molar-refractivity contribution in [3.63, 3.8) is 0 Å². The van der Waals surface area contributed by atoms with Crippen molar-refractivity contribution >= 4 is 27.4 Å². The average molecular weight is 314 g/mol. The highest BCUT2D eigenvalue weighted by Gasteiger charge is 2.09. The minimum absolute atomic E-state index is 0.133. The highest BCUT2D eigenvalue weighted by atomic mass is 79.9. The molecule has 0 spiro atoms. The van der Waals surface area contributed by atoms with E-state index in [0.29, 0.717) is 16.0 Å². The number of nitrogens with zero attached hydrogens (tertiary/aromatic N) is 4. The summed E-state index contributed by atoms with van der Waals surface area (Å²) in [4.78, 5) is 11.9. The minimum atomic E-state index is -0.301. The molecule has 0 aliphatic heterocycles. The van der Waals surface area contributed by atoms with Gasteiger partial charge < -0.3 is 10.4 Å². The topological polar surface area (TPSA) is 85.0 Å². The SMILES string of the molecule is Cn1ccc(Nc2cnn(CCO)c(=O)c2Br)n1. The van der Waals surface area contributed by atoms with Gasteiger partial charge in [0.25, 0.3) is 5.56 Å². The Bertz CT molecular complexity index is 607. The Morgan fingerprint density at radius 3 is 2.94 bits per heavy atom. The van der Waals surface area contributed by atoms with Gasteiger partial charge in [0.15, 0.2) is 5.82 Å². The molecule has 0 unspecified atom stereocenters. The summed E-state index contributed by atoms with van der Waals surface area (Å²) in [5, 5.41) is 19.9.